The van der Waals surface area contributed by atoms with Crippen LogP contribution in [0, 0.1) is 11.8 Å². The molecule has 150 valence electrons. The smallest absolute Gasteiger partial charge is 0.353 e. The van der Waals surface area contributed by atoms with Gasteiger partial charge in [0.15, 0.2) is 0 Å². The summed E-state index contributed by atoms with van der Waals surface area (Å²) in [5, 5.41) is 0. The fraction of sp³-hybridized carbons (Fsp3) is 0.591. The van der Waals surface area contributed by atoms with Gasteiger partial charge in [-0.25, -0.2) is 0 Å². The second-order valence-corrected chi connectivity index (χ2v) is 6.85. The molecule has 5 heteroatoms. The Kier molecular flexibility index (Phi) is 9.51. The van der Waals surface area contributed by atoms with Gasteiger partial charge in [-0.15, -0.1) is 0 Å². The van der Waals surface area contributed by atoms with E-state index in [1.54, 1.807) is 0 Å². The Morgan fingerprint density at radius 1 is 0.963 bits per heavy atom. The fourth-order valence-electron chi connectivity index (χ4n) is 2.44. The first-order chi connectivity index (χ1) is 12.7. The van der Waals surface area contributed by atoms with Gasteiger partial charge in [-0.3, -0.25) is 4.79 Å². The van der Waals surface area contributed by atoms with E-state index < -0.39 is 11.6 Å². The number of hydrogen-bond donors (Lipinski definition) is 0. The molecule has 0 N–H and O–H groups in total. The number of benzene rings is 1. The van der Waals surface area contributed by atoms with Crippen LogP contribution in [0.5, 0.6) is 0 Å². The molecule has 0 saturated carbocycles. The zero-order chi connectivity index (χ0) is 20.3. The van der Waals surface area contributed by atoms with E-state index in [1.165, 1.54) is 0 Å². The average Bonchev–Trinajstić information content (AvgIpc) is 2.58. The van der Waals surface area contributed by atoms with E-state index >= 15 is 0 Å². The molecule has 0 aliphatic rings. The zero-order valence-corrected chi connectivity index (χ0v) is 17.4. The average molecular weight is 376 g/mol. The van der Waals surface area contributed by atoms with Gasteiger partial charge in [0.25, 0.3) is 0 Å². The Morgan fingerprint density at radius 3 is 2.04 bits per heavy atom. The van der Waals surface area contributed by atoms with E-state index in [9.17, 15) is 4.79 Å². The summed E-state index contributed by atoms with van der Waals surface area (Å²) in [5.41, 5.74) is 1.29. The topological polar surface area (TPSA) is 54.0 Å². The fourth-order valence-corrected chi connectivity index (χ4v) is 2.44. The lowest BCUT2D eigenvalue weighted by Gasteiger charge is -2.26. The molecule has 27 heavy (non-hydrogen) atoms. The van der Waals surface area contributed by atoms with Crippen LogP contribution in [0.3, 0.4) is 0 Å². The van der Waals surface area contributed by atoms with Crippen molar-refractivity contribution in [1.82, 2.24) is 0 Å². The van der Waals surface area contributed by atoms with Crippen LogP contribution < -0.4 is 0 Å². The summed E-state index contributed by atoms with van der Waals surface area (Å²) in [4.78, 5) is 12.0. The molecule has 0 aliphatic heterocycles. The van der Waals surface area contributed by atoms with Gasteiger partial charge in [0.1, 0.15) is 5.60 Å². The molecule has 1 rings (SSSR count). The van der Waals surface area contributed by atoms with E-state index in [0.717, 1.165) is 11.1 Å². The molecular weight excluding hydrogens is 344 g/mol. The van der Waals surface area contributed by atoms with Crippen LogP contribution in [0.4, 0.5) is 0 Å². The van der Waals surface area contributed by atoms with Crippen LogP contribution in [0.2, 0.25) is 0 Å². The number of esters is 1. The molecule has 0 aromatic heterocycles. The van der Waals surface area contributed by atoms with Crippen molar-refractivity contribution in [2.45, 2.75) is 66.0 Å². The monoisotopic (exact) mass is 376 g/mol. The second-order valence-electron chi connectivity index (χ2n) is 6.85. The second kappa shape index (κ2) is 11.1. The Labute approximate surface area is 163 Å². The van der Waals surface area contributed by atoms with Crippen LogP contribution in [-0.4, -0.2) is 37.4 Å². The van der Waals surface area contributed by atoms with E-state index in [4.69, 9.17) is 18.9 Å². The molecule has 0 radical (unpaired) electrons. The van der Waals surface area contributed by atoms with Gasteiger partial charge in [0.2, 0.25) is 0 Å². The molecule has 0 amide bonds. The first-order valence-electron chi connectivity index (χ1n) is 9.50. The Morgan fingerprint density at radius 2 is 1.52 bits per heavy atom. The summed E-state index contributed by atoms with van der Waals surface area (Å²) in [6, 6.07) is 7.70. The molecule has 1 aromatic rings. The van der Waals surface area contributed by atoms with Crippen molar-refractivity contribution in [2.75, 3.05) is 19.8 Å². The van der Waals surface area contributed by atoms with Crippen LogP contribution in [0.1, 0.15) is 59.1 Å². The Balaban J connectivity index is 2.98. The van der Waals surface area contributed by atoms with Crippen molar-refractivity contribution >= 4 is 5.97 Å². The number of rotatable bonds is 9. The van der Waals surface area contributed by atoms with Crippen molar-refractivity contribution in [1.29, 1.82) is 0 Å². The molecule has 0 atom stereocenters. The standard InChI is InChI=1S/C22H32O5/c1-7-24-22(25-8-2,26-9-3)17-16-19-13-11-10-12-18(19)14-15-20(23)27-21(4,5)6/h10-13H,7-9,14-15H2,1-6H3. The minimum absolute atomic E-state index is 0.224. The number of aryl methyl sites for hydroxylation is 1. The first-order valence-corrected chi connectivity index (χ1v) is 9.50. The molecule has 0 fully saturated rings. The highest BCUT2D eigenvalue weighted by Crippen LogP contribution is 2.17. The Hall–Kier alpha value is -1.87. The maximum absolute atomic E-state index is 12.0. The van der Waals surface area contributed by atoms with Crippen molar-refractivity contribution in [3.05, 3.63) is 35.4 Å². The van der Waals surface area contributed by atoms with Gasteiger partial charge < -0.3 is 18.9 Å². The third-order valence-corrected chi connectivity index (χ3v) is 3.39. The molecule has 0 heterocycles. The lowest BCUT2D eigenvalue weighted by Crippen LogP contribution is -2.38. The minimum atomic E-state index is -1.38. The molecule has 5 nitrogen and oxygen atoms in total. The minimum Gasteiger partial charge on any atom is -0.460 e. The van der Waals surface area contributed by atoms with Crippen molar-refractivity contribution in [3.63, 3.8) is 0 Å². The van der Waals surface area contributed by atoms with Crippen molar-refractivity contribution in [2.24, 2.45) is 0 Å². The highest BCUT2D eigenvalue weighted by molar-refractivity contribution is 5.70. The third kappa shape index (κ3) is 8.57. The summed E-state index contributed by atoms with van der Waals surface area (Å²) < 4.78 is 22.3. The normalized spacial score (nSPS) is 11.6. The van der Waals surface area contributed by atoms with E-state index in [0.29, 0.717) is 32.7 Å². The largest absolute Gasteiger partial charge is 0.460 e. The van der Waals surface area contributed by atoms with Crippen LogP contribution in [0.15, 0.2) is 24.3 Å². The molecule has 0 unspecified atom stereocenters. The summed E-state index contributed by atoms with van der Waals surface area (Å²) >= 11 is 0. The summed E-state index contributed by atoms with van der Waals surface area (Å²) in [7, 11) is 0. The SMILES string of the molecule is CCOC(C#Cc1ccccc1CCC(=O)OC(C)(C)C)(OCC)OCC. The van der Waals surface area contributed by atoms with Gasteiger partial charge in [0, 0.05) is 12.0 Å². The van der Waals surface area contributed by atoms with Crippen LogP contribution in [-0.2, 0) is 30.2 Å². The summed E-state index contributed by atoms with van der Waals surface area (Å²) in [5.74, 6) is 4.49. The van der Waals surface area contributed by atoms with Gasteiger partial charge in [-0.1, -0.05) is 24.1 Å². The van der Waals surface area contributed by atoms with Gasteiger partial charge in [-0.2, -0.15) is 0 Å². The van der Waals surface area contributed by atoms with E-state index in [1.807, 2.05) is 65.8 Å². The van der Waals surface area contributed by atoms with Crippen molar-refractivity contribution < 1.29 is 23.7 Å². The van der Waals surface area contributed by atoms with E-state index in [2.05, 4.69) is 11.8 Å². The molecule has 0 spiro atoms. The molecule has 0 bridgehead atoms. The number of ether oxygens (including phenoxy) is 4. The van der Waals surface area contributed by atoms with Gasteiger partial charge in [-0.05, 0) is 65.5 Å². The predicted octanol–water partition coefficient (Wildman–Crippen LogP) is 4.08. The number of carbonyl (C=O) groups is 1. The number of carbonyl (C=O) groups excluding carboxylic acids is 1. The molecule has 0 aliphatic carbocycles. The van der Waals surface area contributed by atoms with E-state index in [-0.39, 0.29) is 5.97 Å². The molecular formula is C22H32O5. The molecule has 1 aromatic carbocycles. The first kappa shape index (κ1) is 23.2. The lowest BCUT2D eigenvalue weighted by atomic mass is 10.0. The van der Waals surface area contributed by atoms with Gasteiger partial charge in [0.05, 0.1) is 19.8 Å². The summed E-state index contributed by atoms with van der Waals surface area (Å²) in [6.45, 7) is 12.4. The number of hydrogen-bond acceptors (Lipinski definition) is 5. The third-order valence-electron chi connectivity index (χ3n) is 3.39. The highest BCUT2D eigenvalue weighted by Gasteiger charge is 2.30. The zero-order valence-electron chi connectivity index (χ0n) is 17.4. The predicted molar refractivity (Wildman–Crippen MR) is 105 cm³/mol. The lowest BCUT2D eigenvalue weighted by molar-refractivity contribution is -0.339. The highest BCUT2D eigenvalue weighted by atomic mass is 16.9. The molecule has 0 saturated heterocycles. The Bertz CT molecular complexity index is 632. The van der Waals surface area contributed by atoms with Crippen LogP contribution >= 0.6 is 0 Å². The van der Waals surface area contributed by atoms with Crippen LogP contribution in [0.25, 0.3) is 0 Å². The maximum atomic E-state index is 12.0. The van der Waals surface area contributed by atoms with Crippen molar-refractivity contribution in [3.8, 4) is 11.8 Å². The maximum Gasteiger partial charge on any atom is 0.353 e. The van der Waals surface area contributed by atoms with Gasteiger partial charge >= 0.3 is 11.9 Å². The summed E-state index contributed by atoms with van der Waals surface area (Å²) in [6.07, 6.45) is 0.841. The quantitative estimate of drug-likeness (QED) is 0.369.